The lowest BCUT2D eigenvalue weighted by Crippen LogP contribution is -2.38. The van der Waals surface area contributed by atoms with Gasteiger partial charge in [0.15, 0.2) is 0 Å². The molecule has 0 bridgehead atoms. The van der Waals surface area contributed by atoms with Crippen molar-refractivity contribution >= 4 is 33.4 Å². The monoisotopic (exact) mass is 358 g/mol. The molecule has 132 valence electrons. The highest BCUT2D eigenvalue weighted by Gasteiger charge is 2.37. The summed E-state index contributed by atoms with van der Waals surface area (Å²) in [4.78, 5) is 30.9. The number of carbonyl (C=O) groups excluding carboxylic acids is 1. The van der Waals surface area contributed by atoms with E-state index in [-0.39, 0.29) is 23.8 Å². The number of thiazole rings is 1. The maximum atomic E-state index is 13.0. The van der Waals surface area contributed by atoms with Crippen LogP contribution in [-0.4, -0.2) is 33.4 Å². The molecule has 2 heterocycles. The molecule has 1 saturated heterocycles. The van der Waals surface area contributed by atoms with E-state index < -0.39 is 5.97 Å². The number of carbonyl (C=O) groups is 2. The number of rotatable bonds is 3. The van der Waals surface area contributed by atoms with Crippen LogP contribution in [0.25, 0.3) is 10.2 Å². The van der Waals surface area contributed by atoms with Crippen molar-refractivity contribution in [1.29, 1.82) is 0 Å². The number of nitrogens with zero attached hydrogens (tertiary/aromatic N) is 2. The van der Waals surface area contributed by atoms with Crippen LogP contribution in [0.4, 0.5) is 0 Å². The van der Waals surface area contributed by atoms with Crippen LogP contribution in [0.15, 0.2) is 24.3 Å². The third-order valence-electron chi connectivity index (χ3n) is 5.56. The fourth-order valence-corrected chi connectivity index (χ4v) is 5.26. The van der Waals surface area contributed by atoms with Gasteiger partial charge in [-0.1, -0.05) is 12.1 Å². The highest BCUT2D eigenvalue weighted by atomic mass is 32.1. The molecule has 1 aromatic heterocycles. The fourth-order valence-electron chi connectivity index (χ4n) is 4.14. The molecule has 1 amide bonds. The molecule has 1 N–H and O–H groups in total. The molecule has 25 heavy (non-hydrogen) atoms. The molecule has 5 nitrogen and oxygen atoms in total. The molecule has 1 aromatic carbocycles. The summed E-state index contributed by atoms with van der Waals surface area (Å²) >= 11 is 1.68. The Morgan fingerprint density at radius 3 is 2.52 bits per heavy atom. The second-order valence-corrected chi connectivity index (χ2v) is 8.16. The zero-order chi connectivity index (χ0) is 17.4. The van der Waals surface area contributed by atoms with Crippen molar-refractivity contribution < 1.29 is 14.7 Å². The lowest BCUT2D eigenvalue weighted by atomic mass is 9.81. The zero-order valence-electron chi connectivity index (χ0n) is 14.1. The van der Waals surface area contributed by atoms with Crippen LogP contribution < -0.4 is 0 Å². The predicted octanol–water partition coefficient (Wildman–Crippen LogP) is 3.85. The Labute approximate surface area is 150 Å². The number of fused-ring (bicyclic) bond motifs is 1. The molecule has 0 radical (unpaired) electrons. The third-order valence-corrected chi connectivity index (χ3v) is 6.69. The number of likely N-dealkylation sites (tertiary alicyclic amines) is 1. The standard InChI is InChI=1S/C19H22N2O3S/c22-18(12-7-9-13(10-8-12)19(23)24)21-11-3-5-15(21)17-20-14-4-1-2-6-16(14)25-17/h1-2,4,6,12-13,15H,3,5,7-11H2,(H,23,24). The van der Waals surface area contributed by atoms with Gasteiger partial charge in [0.2, 0.25) is 5.91 Å². The van der Waals surface area contributed by atoms with Crippen molar-refractivity contribution in [3.63, 3.8) is 0 Å². The first-order valence-electron chi connectivity index (χ1n) is 9.02. The summed E-state index contributed by atoms with van der Waals surface area (Å²) in [6.07, 6.45) is 4.60. The topological polar surface area (TPSA) is 70.5 Å². The van der Waals surface area contributed by atoms with Crippen LogP contribution in [0.5, 0.6) is 0 Å². The molecule has 2 aliphatic rings. The largest absolute Gasteiger partial charge is 0.481 e. The van der Waals surface area contributed by atoms with Gasteiger partial charge in [-0.3, -0.25) is 9.59 Å². The Hall–Kier alpha value is -1.95. The Morgan fingerprint density at radius 1 is 1.08 bits per heavy atom. The molecular weight excluding hydrogens is 336 g/mol. The minimum absolute atomic E-state index is 0.0226. The van der Waals surface area contributed by atoms with Crippen LogP contribution in [0.1, 0.15) is 49.6 Å². The second-order valence-electron chi connectivity index (χ2n) is 7.10. The number of hydrogen-bond donors (Lipinski definition) is 1. The number of hydrogen-bond acceptors (Lipinski definition) is 4. The zero-order valence-corrected chi connectivity index (χ0v) is 14.9. The first-order chi connectivity index (χ1) is 12.1. The van der Waals surface area contributed by atoms with E-state index in [9.17, 15) is 9.59 Å². The Morgan fingerprint density at radius 2 is 1.80 bits per heavy atom. The average Bonchev–Trinajstić information content (AvgIpc) is 3.27. The SMILES string of the molecule is O=C(O)C1CCC(C(=O)N2CCCC2c2nc3ccccc3s2)CC1. The Kier molecular flexibility index (Phi) is 4.46. The van der Waals surface area contributed by atoms with Crippen LogP contribution in [0, 0.1) is 11.8 Å². The molecule has 4 rings (SSSR count). The molecule has 1 aliphatic carbocycles. The number of aromatic nitrogens is 1. The smallest absolute Gasteiger partial charge is 0.306 e. The van der Waals surface area contributed by atoms with E-state index in [1.165, 1.54) is 4.70 Å². The Balaban J connectivity index is 1.49. The summed E-state index contributed by atoms with van der Waals surface area (Å²) < 4.78 is 1.17. The number of benzene rings is 1. The lowest BCUT2D eigenvalue weighted by molar-refractivity contribution is -0.146. The summed E-state index contributed by atoms with van der Waals surface area (Å²) in [5.41, 5.74) is 1.00. The van der Waals surface area contributed by atoms with E-state index >= 15 is 0 Å². The van der Waals surface area contributed by atoms with Gasteiger partial charge in [-0.05, 0) is 50.7 Å². The minimum atomic E-state index is -0.723. The second kappa shape index (κ2) is 6.75. The molecule has 1 unspecified atom stereocenters. The average molecular weight is 358 g/mol. The molecule has 1 saturated carbocycles. The minimum Gasteiger partial charge on any atom is -0.481 e. The van der Waals surface area contributed by atoms with E-state index in [4.69, 9.17) is 10.1 Å². The molecule has 0 spiro atoms. The van der Waals surface area contributed by atoms with Gasteiger partial charge < -0.3 is 10.0 Å². The molecule has 1 aliphatic heterocycles. The summed E-state index contributed by atoms with van der Waals surface area (Å²) in [6, 6.07) is 8.18. The normalized spacial score (nSPS) is 26.9. The summed E-state index contributed by atoms with van der Waals surface area (Å²) in [6.45, 7) is 0.790. The molecule has 1 atom stereocenters. The van der Waals surface area contributed by atoms with Crippen LogP contribution in [0.2, 0.25) is 0 Å². The van der Waals surface area contributed by atoms with Crippen molar-refractivity contribution in [2.45, 2.75) is 44.6 Å². The quantitative estimate of drug-likeness (QED) is 0.905. The van der Waals surface area contributed by atoms with Crippen molar-refractivity contribution in [2.24, 2.45) is 11.8 Å². The van der Waals surface area contributed by atoms with Gasteiger partial charge in [-0.15, -0.1) is 11.3 Å². The van der Waals surface area contributed by atoms with Gasteiger partial charge in [0.1, 0.15) is 5.01 Å². The first kappa shape index (κ1) is 16.5. The van der Waals surface area contributed by atoms with E-state index in [1.54, 1.807) is 11.3 Å². The predicted molar refractivity (Wildman–Crippen MR) is 96.4 cm³/mol. The van der Waals surface area contributed by atoms with Crippen LogP contribution in [-0.2, 0) is 9.59 Å². The molecule has 2 fully saturated rings. The van der Waals surface area contributed by atoms with E-state index in [0.29, 0.717) is 25.7 Å². The van der Waals surface area contributed by atoms with Gasteiger partial charge in [-0.25, -0.2) is 4.98 Å². The third kappa shape index (κ3) is 3.15. The highest BCUT2D eigenvalue weighted by molar-refractivity contribution is 7.18. The van der Waals surface area contributed by atoms with Gasteiger partial charge in [-0.2, -0.15) is 0 Å². The number of para-hydroxylation sites is 1. The van der Waals surface area contributed by atoms with E-state index in [2.05, 4.69) is 6.07 Å². The maximum Gasteiger partial charge on any atom is 0.306 e. The van der Waals surface area contributed by atoms with E-state index in [1.807, 2.05) is 23.1 Å². The molecule has 6 heteroatoms. The van der Waals surface area contributed by atoms with Gasteiger partial charge in [0.05, 0.1) is 22.2 Å². The van der Waals surface area contributed by atoms with Crippen molar-refractivity contribution in [3.8, 4) is 0 Å². The summed E-state index contributed by atoms with van der Waals surface area (Å²) in [5, 5.41) is 10.2. The van der Waals surface area contributed by atoms with Crippen LogP contribution >= 0.6 is 11.3 Å². The lowest BCUT2D eigenvalue weighted by Gasteiger charge is -2.31. The highest BCUT2D eigenvalue weighted by Crippen LogP contribution is 2.39. The molecular formula is C19H22N2O3S. The summed E-state index contributed by atoms with van der Waals surface area (Å²) in [5.74, 6) is -0.821. The number of amides is 1. The first-order valence-corrected chi connectivity index (χ1v) is 9.84. The van der Waals surface area contributed by atoms with Crippen molar-refractivity contribution in [2.75, 3.05) is 6.54 Å². The molecule has 2 aromatic rings. The summed E-state index contributed by atoms with van der Waals surface area (Å²) in [7, 11) is 0. The van der Waals surface area contributed by atoms with Crippen LogP contribution in [0.3, 0.4) is 0 Å². The van der Waals surface area contributed by atoms with Gasteiger partial charge >= 0.3 is 5.97 Å². The number of carboxylic acids is 1. The van der Waals surface area contributed by atoms with Gasteiger partial charge in [0, 0.05) is 12.5 Å². The maximum absolute atomic E-state index is 13.0. The number of carboxylic acid groups (broad SMARTS) is 1. The van der Waals surface area contributed by atoms with Gasteiger partial charge in [0.25, 0.3) is 0 Å². The number of aliphatic carboxylic acids is 1. The van der Waals surface area contributed by atoms with Crippen molar-refractivity contribution in [3.05, 3.63) is 29.3 Å². The van der Waals surface area contributed by atoms with Crippen molar-refractivity contribution in [1.82, 2.24) is 9.88 Å². The van der Waals surface area contributed by atoms with E-state index in [0.717, 1.165) is 29.9 Å². The fraction of sp³-hybridized carbons (Fsp3) is 0.526. The Bertz CT molecular complexity index is 762.